The summed E-state index contributed by atoms with van der Waals surface area (Å²) >= 11 is 0. The predicted molar refractivity (Wildman–Crippen MR) is 81.1 cm³/mol. The van der Waals surface area contributed by atoms with Crippen LogP contribution >= 0.6 is 0 Å². The van der Waals surface area contributed by atoms with E-state index in [1.807, 2.05) is 38.1 Å². The van der Waals surface area contributed by atoms with Crippen LogP contribution in [0.1, 0.15) is 38.3 Å². The van der Waals surface area contributed by atoms with Crippen LogP contribution in [0.2, 0.25) is 0 Å². The van der Waals surface area contributed by atoms with E-state index >= 15 is 0 Å². The SMILES string of the molecule is CCOc1ccc(C(C)NC(=O)C2CCC(CN)O2)cc1. The first-order valence-electron chi connectivity index (χ1n) is 7.52. The van der Waals surface area contributed by atoms with Crippen molar-refractivity contribution in [2.75, 3.05) is 13.2 Å². The van der Waals surface area contributed by atoms with Crippen LogP contribution in [0.5, 0.6) is 5.75 Å². The van der Waals surface area contributed by atoms with Crippen molar-refractivity contribution in [2.45, 2.75) is 44.9 Å². The van der Waals surface area contributed by atoms with Crippen molar-refractivity contribution in [1.82, 2.24) is 5.32 Å². The van der Waals surface area contributed by atoms with Gasteiger partial charge in [0.15, 0.2) is 0 Å². The molecule has 3 N–H and O–H groups in total. The maximum absolute atomic E-state index is 12.2. The summed E-state index contributed by atoms with van der Waals surface area (Å²) in [7, 11) is 0. The van der Waals surface area contributed by atoms with Gasteiger partial charge < -0.3 is 20.5 Å². The number of benzene rings is 1. The second kappa shape index (κ2) is 7.43. The van der Waals surface area contributed by atoms with Gasteiger partial charge in [-0.2, -0.15) is 0 Å². The Balaban J connectivity index is 1.88. The normalized spacial score (nSPS) is 22.8. The molecule has 0 bridgehead atoms. The van der Waals surface area contributed by atoms with Crippen molar-refractivity contribution in [3.05, 3.63) is 29.8 Å². The van der Waals surface area contributed by atoms with E-state index in [1.54, 1.807) is 0 Å². The summed E-state index contributed by atoms with van der Waals surface area (Å²) in [5, 5.41) is 2.99. The average molecular weight is 292 g/mol. The number of ether oxygens (including phenoxy) is 2. The fraction of sp³-hybridized carbons (Fsp3) is 0.562. The monoisotopic (exact) mass is 292 g/mol. The number of hydrogen-bond acceptors (Lipinski definition) is 4. The van der Waals surface area contributed by atoms with E-state index in [2.05, 4.69) is 5.32 Å². The summed E-state index contributed by atoms with van der Waals surface area (Å²) in [4.78, 5) is 12.2. The highest BCUT2D eigenvalue weighted by molar-refractivity contribution is 5.81. The van der Waals surface area contributed by atoms with Crippen molar-refractivity contribution >= 4 is 5.91 Å². The van der Waals surface area contributed by atoms with Gasteiger partial charge >= 0.3 is 0 Å². The molecule has 1 aliphatic rings. The smallest absolute Gasteiger partial charge is 0.249 e. The van der Waals surface area contributed by atoms with Gasteiger partial charge in [0.1, 0.15) is 11.9 Å². The molecule has 0 saturated carbocycles. The summed E-state index contributed by atoms with van der Waals surface area (Å²) < 4.78 is 11.0. The third-order valence-electron chi connectivity index (χ3n) is 3.71. The Morgan fingerprint density at radius 1 is 1.43 bits per heavy atom. The second-order valence-electron chi connectivity index (χ2n) is 5.29. The second-order valence-corrected chi connectivity index (χ2v) is 5.29. The van der Waals surface area contributed by atoms with Crippen LogP contribution in [-0.4, -0.2) is 31.3 Å². The fourth-order valence-corrected chi connectivity index (χ4v) is 2.48. The van der Waals surface area contributed by atoms with Gasteiger partial charge in [-0.15, -0.1) is 0 Å². The van der Waals surface area contributed by atoms with Gasteiger partial charge in [0.05, 0.1) is 18.8 Å². The van der Waals surface area contributed by atoms with Crippen LogP contribution in [0.25, 0.3) is 0 Å². The molecule has 1 aliphatic heterocycles. The fourth-order valence-electron chi connectivity index (χ4n) is 2.48. The van der Waals surface area contributed by atoms with Crippen molar-refractivity contribution in [3.8, 4) is 5.75 Å². The van der Waals surface area contributed by atoms with Crippen LogP contribution in [-0.2, 0) is 9.53 Å². The Morgan fingerprint density at radius 3 is 2.71 bits per heavy atom. The van der Waals surface area contributed by atoms with E-state index in [9.17, 15) is 4.79 Å². The molecular formula is C16H24N2O3. The molecule has 2 rings (SSSR count). The quantitative estimate of drug-likeness (QED) is 0.838. The molecule has 3 unspecified atom stereocenters. The van der Waals surface area contributed by atoms with Crippen LogP contribution in [0.3, 0.4) is 0 Å². The standard InChI is InChI=1S/C16H24N2O3/c1-3-20-13-6-4-12(5-7-13)11(2)18-16(19)15-9-8-14(10-17)21-15/h4-7,11,14-15H,3,8-10,17H2,1-2H3,(H,18,19). The number of rotatable bonds is 6. The first-order chi connectivity index (χ1) is 10.1. The molecule has 1 heterocycles. The largest absolute Gasteiger partial charge is 0.494 e. The topological polar surface area (TPSA) is 73.6 Å². The summed E-state index contributed by atoms with van der Waals surface area (Å²) in [6.45, 7) is 5.03. The molecule has 21 heavy (non-hydrogen) atoms. The number of carbonyl (C=O) groups is 1. The molecule has 1 fully saturated rings. The Hall–Kier alpha value is -1.59. The first-order valence-corrected chi connectivity index (χ1v) is 7.52. The Bertz CT molecular complexity index is 461. The number of nitrogens with two attached hydrogens (primary N) is 1. The number of nitrogens with one attached hydrogen (secondary N) is 1. The van der Waals surface area contributed by atoms with E-state index in [-0.39, 0.29) is 24.2 Å². The minimum atomic E-state index is -0.372. The highest BCUT2D eigenvalue weighted by atomic mass is 16.5. The van der Waals surface area contributed by atoms with E-state index in [1.165, 1.54) is 0 Å². The minimum Gasteiger partial charge on any atom is -0.494 e. The van der Waals surface area contributed by atoms with Crippen LogP contribution < -0.4 is 15.8 Å². The Kier molecular flexibility index (Phi) is 5.59. The van der Waals surface area contributed by atoms with E-state index in [4.69, 9.17) is 15.2 Å². The van der Waals surface area contributed by atoms with Gasteiger partial charge in [0.25, 0.3) is 0 Å². The zero-order chi connectivity index (χ0) is 15.2. The Morgan fingerprint density at radius 2 is 2.14 bits per heavy atom. The predicted octanol–water partition coefficient (Wildman–Crippen LogP) is 1.77. The highest BCUT2D eigenvalue weighted by Gasteiger charge is 2.30. The molecular weight excluding hydrogens is 268 g/mol. The van der Waals surface area contributed by atoms with E-state index in [0.717, 1.165) is 24.2 Å². The Labute approximate surface area is 125 Å². The van der Waals surface area contributed by atoms with Crippen LogP contribution in [0, 0.1) is 0 Å². The number of amides is 1. The third kappa shape index (κ3) is 4.19. The molecule has 1 aromatic rings. The molecule has 0 aliphatic carbocycles. The lowest BCUT2D eigenvalue weighted by Gasteiger charge is -2.18. The molecule has 0 radical (unpaired) electrons. The lowest BCUT2D eigenvalue weighted by Crippen LogP contribution is -2.36. The summed E-state index contributed by atoms with van der Waals surface area (Å²) in [6, 6.07) is 7.70. The van der Waals surface area contributed by atoms with Crippen molar-refractivity contribution in [2.24, 2.45) is 5.73 Å². The number of carbonyl (C=O) groups excluding carboxylic acids is 1. The van der Waals surface area contributed by atoms with E-state index in [0.29, 0.717) is 13.2 Å². The van der Waals surface area contributed by atoms with Crippen molar-refractivity contribution in [3.63, 3.8) is 0 Å². The van der Waals surface area contributed by atoms with Crippen LogP contribution in [0.4, 0.5) is 0 Å². The van der Waals surface area contributed by atoms with Gasteiger partial charge in [-0.3, -0.25) is 4.79 Å². The molecule has 0 spiro atoms. The third-order valence-corrected chi connectivity index (χ3v) is 3.71. The number of hydrogen-bond donors (Lipinski definition) is 2. The maximum atomic E-state index is 12.2. The maximum Gasteiger partial charge on any atom is 0.249 e. The molecule has 116 valence electrons. The average Bonchev–Trinajstić information content (AvgIpc) is 2.97. The van der Waals surface area contributed by atoms with Crippen molar-refractivity contribution < 1.29 is 14.3 Å². The molecule has 1 saturated heterocycles. The highest BCUT2D eigenvalue weighted by Crippen LogP contribution is 2.21. The van der Waals surface area contributed by atoms with Gasteiger partial charge in [0.2, 0.25) is 5.91 Å². The lowest BCUT2D eigenvalue weighted by atomic mass is 10.1. The zero-order valence-electron chi connectivity index (χ0n) is 12.7. The van der Waals surface area contributed by atoms with Crippen molar-refractivity contribution in [1.29, 1.82) is 0 Å². The van der Waals surface area contributed by atoms with Gasteiger partial charge in [0, 0.05) is 6.54 Å². The molecule has 5 heteroatoms. The molecule has 1 aromatic carbocycles. The first kappa shape index (κ1) is 15.8. The summed E-state index contributed by atoms with van der Waals surface area (Å²) in [5.74, 6) is 0.775. The zero-order valence-corrected chi connectivity index (χ0v) is 12.7. The molecule has 0 aromatic heterocycles. The van der Waals surface area contributed by atoms with E-state index < -0.39 is 0 Å². The molecule has 3 atom stereocenters. The van der Waals surface area contributed by atoms with Gasteiger partial charge in [-0.05, 0) is 44.4 Å². The molecule has 5 nitrogen and oxygen atoms in total. The summed E-state index contributed by atoms with van der Waals surface area (Å²) in [6.07, 6.45) is 1.24. The minimum absolute atomic E-state index is 0.0153. The molecule has 1 amide bonds. The lowest BCUT2D eigenvalue weighted by molar-refractivity contribution is -0.132. The van der Waals surface area contributed by atoms with Gasteiger partial charge in [-0.1, -0.05) is 12.1 Å². The van der Waals surface area contributed by atoms with Crippen LogP contribution in [0.15, 0.2) is 24.3 Å². The van der Waals surface area contributed by atoms with Gasteiger partial charge in [-0.25, -0.2) is 0 Å². The summed E-state index contributed by atoms with van der Waals surface area (Å²) in [5.41, 5.74) is 6.60.